The summed E-state index contributed by atoms with van der Waals surface area (Å²) in [5.74, 6) is 1.60. The molecule has 5 heteroatoms. The monoisotopic (exact) mass is 210 g/mol. The van der Waals surface area contributed by atoms with E-state index in [0.717, 1.165) is 19.4 Å². The second kappa shape index (κ2) is 6.06. The zero-order chi connectivity index (χ0) is 11.1. The largest absolute Gasteiger partial charge is 0.488 e. The number of hydrogen-bond acceptors (Lipinski definition) is 5. The van der Waals surface area contributed by atoms with Crippen LogP contribution in [0.1, 0.15) is 26.7 Å². The molecule has 0 saturated carbocycles. The Morgan fingerprint density at radius 1 is 1.47 bits per heavy atom. The number of nitrogen functional groups attached to an aromatic ring is 1. The fraction of sp³-hybridized carbons (Fsp3) is 0.600. The second-order valence-corrected chi connectivity index (χ2v) is 3.15. The molecule has 84 valence electrons. The molecule has 0 fully saturated rings. The summed E-state index contributed by atoms with van der Waals surface area (Å²) in [4.78, 5) is 7.98. The zero-order valence-corrected chi connectivity index (χ0v) is 9.29. The Bertz CT molecular complexity index is 303. The number of hydrogen-bond donors (Lipinski definition) is 2. The SMILES string of the molecule is CCCCNc1nc(N)ncc1OCC. The Morgan fingerprint density at radius 3 is 2.93 bits per heavy atom. The number of ether oxygens (including phenoxy) is 1. The van der Waals surface area contributed by atoms with E-state index < -0.39 is 0 Å². The topological polar surface area (TPSA) is 73.1 Å². The summed E-state index contributed by atoms with van der Waals surface area (Å²) >= 11 is 0. The van der Waals surface area contributed by atoms with Crippen LogP contribution >= 0.6 is 0 Å². The lowest BCUT2D eigenvalue weighted by atomic mass is 10.3. The van der Waals surface area contributed by atoms with Gasteiger partial charge in [0.05, 0.1) is 12.8 Å². The van der Waals surface area contributed by atoms with E-state index >= 15 is 0 Å². The third kappa shape index (κ3) is 3.61. The summed E-state index contributed by atoms with van der Waals surface area (Å²) in [6.45, 7) is 5.52. The molecule has 0 saturated heterocycles. The second-order valence-electron chi connectivity index (χ2n) is 3.15. The number of rotatable bonds is 6. The van der Waals surface area contributed by atoms with Gasteiger partial charge < -0.3 is 15.8 Å². The van der Waals surface area contributed by atoms with Crippen LogP contribution in [0.2, 0.25) is 0 Å². The van der Waals surface area contributed by atoms with Gasteiger partial charge in [0.2, 0.25) is 5.95 Å². The summed E-state index contributed by atoms with van der Waals surface area (Å²) < 4.78 is 5.38. The minimum Gasteiger partial charge on any atom is -0.488 e. The Balaban J connectivity index is 2.68. The van der Waals surface area contributed by atoms with Gasteiger partial charge in [0.1, 0.15) is 0 Å². The summed E-state index contributed by atoms with van der Waals surface area (Å²) in [6, 6.07) is 0. The molecule has 0 atom stereocenters. The molecule has 0 bridgehead atoms. The number of anilines is 2. The molecule has 15 heavy (non-hydrogen) atoms. The van der Waals surface area contributed by atoms with Crippen LogP contribution in [-0.2, 0) is 0 Å². The average Bonchev–Trinajstić information content (AvgIpc) is 2.22. The third-order valence-electron chi connectivity index (χ3n) is 1.90. The van der Waals surface area contributed by atoms with Crippen molar-refractivity contribution in [2.45, 2.75) is 26.7 Å². The van der Waals surface area contributed by atoms with Crippen molar-refractivity contribution < 1.29 is 4.74 Å². The molecule has 0 aliphatic heterocycles. The molecule has 3 N–H and O–H groups in total. The predicted molar refractivity (Wildman–Crippen MR) is 61.0 cm³/mol. The van der Waals surface area contributed by atoms with Crippen molar-refractivity contribution in [1.82, 2.24) is 9.97 Å². The van der Waals surface area contributed by atoms with Gasteiger partial charge in [-0.1, -0.05) is 13.3 Å². The van der Waals surface area contributed by atoms with Gasteiger partial charge in [0.15, 0.2) is 11.6 Å². The molecule has 0 aliphatic carbocycles. The molecule has 0 aromatic carbocycles. The van der Waals surface area contributed by atoms with Crippen molar-refractivity contribution in [3.8, 4) is 5.75 Å². The van der Waals surface area contributed by atoms with E-state index in [1.807, 2.05) is 6.92 Å². The molecule has 0 radical (unpaired) electrons. The van der Waals surface area contributed by atoms with Crippen molar-refractivity contribution in [3.05, 3.63) is 6.20 Å². The number of nitrogens with zero attached hydrogens (tertiary/aromatic N) is 2. The summed E-state index contributed by atoms with van der Waals surface area (Å²) in [5.41, 5.74) is 5.51. The van der Waals surface area contributed by atoms with Crippen molar-refractivity contribution in [2.24, 2.45) is 0 Å². The van der Waals surface area contributed by atoms with Gasteiger partial charge in [-0.05, 0) is 13.3 Å². The molecule has 1 heterocycles. The first-order valence-electron chi connectivity index (χ1n) is 5.27. The van der Waals surface area contributed by atoms with E-state index in [9.17, 15) is 0 Å². The van der Waals surface area contributed by atoms with E-state index in [-0.39, 0.29) is 5.95 Å². The minimum atomic E-state index is 0.262. The van der Waals surface area contributed by atoms with Gasteiger partial charge in [0, 0.05) is 6.54 Å². The van der Waals surface area contributed by atoms with Gasteiger partial charge in [0.25, 0.3) is 0 Å². The van der Waals surface area contributed by atoms with Crippen LogP contribution in [0, 0.1) is 0 Å². The first kappa shape index (κ1) is 11.6. The first-order chi connectivity index (χ1) is 7.27. The van der Waals surface area contributed by atoms with Crippen molar-refractivity contribution >= 4 is 11.8 Å². The van der Waals surface area contributed by atoms with E-state index in [4.69, 9.17) is 10.5 Å². The average molecular weight is 210 g/mol. The highest BCUT2D eigenvalue weighted by atomic mass is 16.5. The first-order valence-corrected chi connectivity index (χ1v) is 5.27. The van der Waals surface area contributed by atoms with Gasteiger partial charge in [-0.3, -0.25) is 0 Å². The number of nitrogens with two attached hydrogens (primary N) is 1. The number of aromatic nitrogens is 2. The molecule has 0 aliphatic rings. The van der Waals surface area contributed by atoms with Crippen LogP contribution in [0.15, 0.2) is 6.20 Å². The lowest BCUT2D eigenvalue weighted by Gasteiger charge is -2.10. The maximum Gasteiger partial charge on any atom is 0.222 e. The molecular formula is C10H18N4O. The molecule has 5 nitrogen and oxygen atoms in total. The predicted octanol–water partition coefficient (Wildman–Crippen LogP) is 1.67. The Hall–Kier alpha value is -1.52. The molecule has 0 unspecified atom stereocenters. The Morgan fingerprint density at radius 2 is 2.27 bits per heavy atom. The lowest BCUT2D eigenvalue weighted by Crippen LogP contribution is -2.08. The van der Waals surface area contributed by atoms with Crippen LogP contribution in [-0.4, -0.2) is 23.1 Å². The van der Waals surface area contributed by atoms with E-state index in [2.05, 4.69) is 22.2 Å². The molecule has 0 spiro atoms. The Kier molecular flexibility index (Phi) is 4.66. The molecule has 1 rings (SSSR count). The van der Waals surface area contributed by atoms with Crippen LogP contribution in [0.25, 0.3) is 0 Å². The van der Waals surface area contributed by atoms with Gasteiger partial charge >= 0.3 is 0 Å². The van der Waals surface area contributed by atoms with Crippen LogP contribution in [0.4, 0.5) is 11.8 Å². The maximum absolute atomic E-state index is 5.51. The molecule has 1 aromatic heterocycles. The van der Waals surface area contributed by atoms with Crippen LogP contribution in [0.3, 0.4) is 0 Å². The third-order valence-corrected chi connectivity index (χ3v) is 1.90. The molecule has 1 aromatic rings. The summed E-state index contributed by atoms with van der Waals surface area (Å²) in [5, 5.41) is 3.18. The molecular weight excluding hydrogens is 192 g/mol. The van der Waals surface area contributed by atoms with Crippen molar-refractivity contribution in [3.63, 3.8) is 0 Å². The number of nitrogens with one attached hydrogen (secondary N) is 1. The fourth-order valence-electron chi connectivity index (χ4n) is 1.16. The van der Waals surface area contributed by atoms with Crippen LogP contribution in [0.5, 0.6) is 5.75 Å². The van der Waals surface area contributed by atoms with Gasteiger partial charge in [-0.25, -0.2) is 4.98 Å². The van der Waals surface area contributed by atoms with E-state index in [0.29, 0.717) is 18.2 Å². The van der Waals surface area contributed by atoms with Gasteiger partial charge in [-0.2, -0.15) is 4.98 Å². The number of unbranched alkanes of at least 4 members (excludes halogenated alkanes) is 1. The fourth-order valence-corrected chi connectivity index (χ4v) is 1.16. The van der Waals surface area contributed by atoms with E-state index in [1.165, 1.54) is 0 Å². The normalized spacial score (nSPS) is 10.0. The zero-order valence-electron chi connectivity index (χ0n) is 9.29. The van der Waals surface area contributed by atoms with E-state index in [1.54, 1.807) is 6.20 Å². The smallest absolute Gasteiger partial charge is 0.222 e. The van der Waals surface area contributed by atoms with Crippen molar-refractivity contribution in [2.75, 3.05) is 24.2 Å². The standard InChI is InChI=1S/C10H18N4O/c1-3-5-6-12-9-8(15-4-2)7-13-10(11)14-9/h7H,3-6H2,1-2H3,(H3,11,12,13,14). The quantitative estimate of drug-likeness (QED) is 0.699. The summed E-state index contributed by atoms with van der Waals surface area (Å²) in [7, 11) is 0. The molecule has 0 amide bonds. The highest BCUT2D eigenvalue weighted by Gasteiger charge is 2.05. The highest BCUT2D eigenvalue weighted by Crippen LogP contribution is 2.21. The maximum atomic E-state index is 5.51. The van der Waals surface area contributed by atoms with Crippen molar-refractivity contribution in [1.29, 1.82) is 0 Å². The Labute approximate surface area is 90.1 Å². The highest BCUT2D eigenvalue weighted by molar-refractivity contribution is 5.51. The lowest BCUT2D eigenvalue weighted by molar-refractivity contribution is 0.339. The van der Waals surface area contributed by atoms with Gasteiger partial charge in [-0.15, -0.1) is 0 Å². The van der Waals surface area contributed by atoms with Crippen LogP contribution < -0.4 is 15.8 Å². The minimum absolute atomic E-state index is 0.262. The summed E-state index contributed by atoms with van der Waals surface area (Å²) in [6.07, 6.45) is 3.83.